The van der Waals surface area contributed by atoms with Crippen LogP contribution in [0.15, 0.2) is 48.3 Å². The van der Waals surface area contributed by atoms with Crippen LogP contribution in [-0.4, -0.2) is 30.4 Å². The van der Waals surface area contributed by atoms with E-state index in [2.05, 4.69) is 34.5 Å². The van der Waals surface area contributed by atoms with Gasteiger partial charge < -0.3 is 16.8 Å². The minimum atomic E-state index is -0.187. The Morgan fingerprint density at radius 3 is 2.77 bits per heavy atom. The van der Waals surface area contributed by atoms with Crippen LogP contribution < -0.4 is 16.8 Å². The molecule has 2 rings (SSSR count). The van der Waals surface area contributed by atoms with Gasteiger partial charge in [0.2, 0.25) is 0 Å². The lowest BCUT2D eigenvalue weighted by molar-refractivity contribution is -0.117. The predicted octanol–water partition coefficient (Wildman–Crippen LogP) is 0.866. The largest absolute Gasteiger partial charge is 0.405 e. The van der Waals surface area contributed by atoms with E-state index in [0.717, 1.165) is 32.5 Å². The van der Waals surface area contributed by atoms with Crippen molar-refractivity contribution in [3.63, 3.8) is 0 Å². The molecule has 1 aromatic carbocycles. The Morgan fingerprint density at radius 2 is 2.05 bits per heavy atom. The van der Waals surface area contributed by atoms with E-state index in [-0.39, 0.29) is 5.91 Å². The molecular formula is C17H24N4O. The minimum Gasteiger partial charge on any atom is -0.405 e. The fourth-order valence-electron chi connectivity index (χ4n) is 2.66. The molecule has 1 aromatic rings. The van der Waals surface area contributed by atoms with Crippen molar-refractivity contribution in [3.8, 4) is 0 Å². The van der Waals surface area contributed by atoms with E-state index in [1.165, 1.54) is 29.6 Å². The van der Waals surface area contributed by atoms with Gasteiger partial charge in [-0.25, -0.2) is 0 Å². The Bertz CT molecular complexity index is 566. The molecule has 1 heterocycles. The summed E-state index contributed by atoms with van der Waals surface area (Å²) in [5.74, 6) is -0.187. The van der Waals surface area contributed by atoms with Crippen molar-refractivity contribution in [2.24, 2.45) is 11.5 Å². The van der Waals surface area contributed by atoms with Crippen molar-refractivity contribution < 1.29 is 4.79 Å². The van der Waals surface area contributed by atoms with Crippen LogP contribution in [0.3, 0.4) is 0 Å². The fraction of sp³-hybridized carbons (Fsp3) is 0.353. The number of hydrogen-bond donors (Lipinski definition) is 3. The first-order chi connectivity index (χ1) is 10.7. The van der Waals surface area contributed by atoms with Gasteiger partial charge >= 0.3 is 0 Å². The minimum absolute atomic E-state index is 0.187. The second-order valence-electron chi connectivity index (χ2n) is 5.39. The summed E-state index contributed by atoms with van der Waals surface area (Å²) >= 11 is 0. The van der Waals surface area contributed by atoms with E-state index in [9.17, 15) is 4.79 Å². The molecule has 0 fully saturated rings. The molecule has 5 heteroatoms. The van der Waals surface area contributed by atoms with Crippen LogP contribution in [0.25, 0.3) is 0 Å². The molecule has 0 saturated heterocycles. The highest BCUT2D eigenvalue weighted by Crippen LogP contribution is 2.18. The van der Waals surface area contributed by atoms with Crippen LogP contribution >= 0.6 is 0 Å². The van der Waals surface area contributed by atoms with Gasteiger partial charge in [-0.2, -0.15) is 0 Å². The number of fused-ring (bicyclic) bond motifs is 1. The third-order valence-corrected chi connectivity index (χ3v) is 3.86. The second-order valence-corrected chi connectivity index (χ2v) is 5.39. The Balaban J connectivity index is 1.71. The molecule has 1 aliphatic heterocycles. The van der Waals surface area contributed by atoms with Gasteiger partial charge in [-0.3, -0.25) is 9.69 Å². The third kappa shape index (κ3) is 4.36. The number of carbonyl (C=O) groups is 1. The zero-order valence-electron chi connectivity index (χ0n) is 12.8. The summed E-state index contributed by atoms with van der Waals surface area (Å²) in [5, 5.41) is 2.86. The molecule has 0 radical (unpaired) electrons. The van der Waals surface area contributed by atoms with Gasteiger partial charge in [-0.15, -0.1) is 0 Å². The number of hydrogen-bond acceptors (Lipinski definition) is 4. The van der Waals surface area contributed by atoms with Crippen molar-refractivity contribution in [3.05, 3.63) is 59.4 Å². The van der Waals surface area contributed by atoms with E-state index in [1.54, 1.807) is 0 Å². The van der Waals surface area contributed by atoms with E-state index < -0.39 is 0 Å². The molecule has 0 aromatic heterocycles. The quantitative estimate of drug-likeness (QED) is 0.413. The highest BCUT2D eigenvalue weighted by atomic mass is 16.1. The van der Waals surface area contributed by atoms with Crippen LogP contribution in [0.5, 0.6) is 0 Å². The molecule has 22 heavy (non-hydrogen) atoms. The highest BCUT2D eigenvalue weighted by Gasteiger charge is 2.15. The van der Waals surface area contributed by atoms with Gasteiger partial charge in [-0.05, 0) is 36.2 Å². The van der Waals surface area contributed by atoms with Crippen molar-refractivity contribution in [2.75, 3.05) is 19.6 Å². The van der Waals surface area contributed by atoms with Crippen LogP contribution in [0.2, 0.25) is 0 Å². The van der Waals surface area contributed by atoms with Crippen molar-refractivity contribution >= 4 is 5.91 Å². The Hall–Kier alpha value is -2.27. The molecule has 1 aliphatic rings. The number of rotatable bonds is 6. The van der Waals surface area contributed by atoms with Crippen LogP contribution in [-0.2, 0) is 17.8 Å². The average molecular weight is 300 g/mol. The molecule has 0 saturated carbocycles. The molecule has 118 valence electrons. The SMILES string of the molecule is N/C=C\C(=C/N)C(=O)NCCCN1CCc2ccccc2C1. The summed E-state index contributed by atoms with van der Waals surface area (Å²) in [5.41, 5.74) is 13.9. The molecule has 5 nitrogen and oxygen atoms in total. The maximum absolute atomic E-state index is 11.8. The molecule has 0 spiro atoms. The van der Waals surface area contributed by atoms with Crippen LogP contribution in [0, 0.1) is 0 Å². The van der Waals surface area contributed by atoms with Gasteiger partial charge in [-0.1, -0.05) is 24.3 Å². The Kier molecular flexibility index (Phi) is 6.03. The van der Waals surface area contributed by atoms with Gasteiger partial charge in [0.25, 0.3) is 5.91 Å². The molecule has 5 N–H and O–H groups in total. The maximum Gasteiger partial charge on any atom is 0.252 e. The monoisotopic (exact) mass is 300 g/mol. The average Bonchev–Trinajstić information content (AvgIpc) is 2.56. The van der Waals surface area contributed by atoms with Gasteiger partial charge in [0.1, 0.15) is 0 Å². The third-order valence-electron chi connectivity index (χ3n) is 3.86. The lowest BCUT2D eigenvalue weighted by Gasteiger charge is -2.28. The first kappa shape index (κ1) is 16.1. The van der Waals surface area contributed by atoms with E-state index in [1.807, 2.05) is 0 Å². The summed E-state index contributed by atoms with van der Waals surface area (Å²) in [4.78, 5) is 14.2. The predicted molar refractivity (Wildman–Crippen MR) is 88.6 cm³/mol. The number of benzene rings is 1. The number of nitrogens with one attached hydrogen (secondary N) is 1. The topological polar surface area (TPSA) is 84.4 Å². The number of carbonyl (C=O) groups excluding carboxylic acids is 1. The summed E-state index contributed by atoms with van der Waals surface area (Å²) in [6, 6.07) is 8.59. The van der Waals surface area contributed by atoms with Crippen LogP contribution in [0.1, 0.15) is 17.5 Å². The normalized spacial score (nSPS) is 15.7. The van der Waals surface area contributed by atoms with Crippen molar-refractivity contribution in [1.29, 1.82) is 0 Å². The number of amides is 1. The van der Waals surface area contributed by atoms with Gasteiger partial charge in [0.05, 0.1) is 5.57 Å². The summed E-state index contributed by atoms with van der Waals surface area (Å²) in [6.45, 7) is 3.68. The zero-order valence-corrected chi connectivity index (χ0v) is 12.8. The lowest BCUT2D eigenvalue weighted by Crippen LogP contribution is -2.34. The Labute approximate surface area is 131 Å². The van der Waals surface area contributed by atoms with Crippen LogP contribution in [0.4, 0.5) is 0 Å². The van der Waals surface area contributed by atoms with Gasteiger partial charge in [0.15, 0.2) is 0 Å². The molecule has 0 aliphatic carbocycles. The highest BCUT2D eigenvalue weighted by molar-refractivity contribution is 5.95. The zero-order chi connectivity index (χ0) is 15.8. The summed E-state index contributed by atoms with van der Waals surface area (Å²) in [7, 11) is 0. The smallest absolute Gasteiger partial charge is 0.252 e. The molecule has 0 bridgehead atoms. The molecule has 1 amide bonds. The van der Waals surface area contributed by atoms with Gasteiger partial charge in [0, 0.05) is 32.4 Å². The van der Waals surface area contributed by atoms with Crippen molar-refractivity contribution in [1.82, 2.24) is 10.2 Å². The summed E-state index contributed by atoms with van der Waals surface area (Å²) in [6.07, 6.45) is 6.09. The fourth-order valence-corrected chi connectivity index (χ4v) is 2.66. The number of nitrogens with two attached hydrogens (primary N) is 2. The molecular weight excluding hydrogens is 276 g/mol. The van der Waals surface area contributed by atoms with E-state index >= 15 is 0 Å². The second kappa shape index (κ2) is 8.24. The maximum atomic E-state index is 11.8. The van der Waals surface area contributed by atoms with E-state index in [0.29, 0.717) is 12.1 Å². The Morgan fingerprint density at radius 1 is 1.27 bits per heavy atom. The lowest BCUT2D eigenvalue weighted by atomic mass is 10.00. The standard InChI is InChI=1S/C17H24N4O/c18-8-6-15(12-19)17(22)20-9-3-10-21-11-7-14-4-1-2-5-16(14)13-21/h1-2,4-6,8,12H,3,7,9-11,13,18-19H2,(H,20,22)/b8-6-,15-12+. The first-order valence-electron chi connectivity index (χ1n) is 7.62. The summed E-state index contributed by atoms with van der Waals surface area (Å²) < 4.78 is 0. The number of nitrogens with zero attached hydrogens (tertiary/aromatic N) is 1. The van der Waals surface area contributed by atoms with E-state index in [4.69, 9.17) is 11.5 Å². The molecule has 0 unspecified atom stereocenters. The van der Waals surface area contributed by atoms with Crippen molar-refractivity contribution in [2.45, 2.75) is 19.4 Å². The molecule has 0 atom stereocenters. The first-order valence-corrected chi connectivity index (χ1v) is 7.62.